The number of carbonyl (C=O) groups is 1. The van der Waals surface area contributed by atoms with Crippen molar-refractivity contribution >= 4 is 28.4 Å². The molecule has 0 bridgehead atoms. The van der Waals surface area contributed by atoms with Crippen molar-refractivity contribution in [3.8, 4) is 17.3 Å². The zero-order valence-electron chi connectivity index (χ0n) is 18.7. The molecule has 1 amide bonds. The third kappa shape index (κ3) is 4.32. The van der Waals surface area contributed by atoms with Crippen LogP contribution < -0.4 is 9.47 Å². The third-order valence-corrected chi connectivity index (χ3v) is 6.23. The lowest BCUT2D eigenvalue weighted by molar-refractivity contribution is -0.183. The molecule has 2 aromatic heterocycles. The van der Waals surface area contributed by atoms with Gasteiger partial charge in [-0.15, -0.1) is 0 Å². The Kier molecular flexibility index (Phi) is 5.99. The van der Waals surface area contributed by atoms with Crippen LogP contribution >= 0.6 is 11.6 Å². The molecule has 5 rings (SSSR count). The monoisotopic (exact) mass is 519 g/mol. The van der Waals surface area contributed by atoms with Crippen molar-refractivity contribution in [3.05, 3.63) is 82.9 Å². The number of halogens is 5. The summed E-state index contributed by atoms with van der Waals surface area (Å²) in [5, 5.41) is 0.585. The average molecular weight is 520 g/mol. The maximum atomic E-state index is 14.0. The first-order chi connectivity index (χ1) is 17.2. The lowest BCUT2D eigenvalue weighted by Gasteiger charge is -2.30. The minimum absolute atomic E-state index is 0.0202. The molecule has 186 valence electrons. The number of benzene rings is 2. The molecule has 0 fully saturated rings. The summed E-state index contributed by atoms with van der Waals surface area (Å²) in [7, 11) is 1.38. The molecule has 0 saturated carbocycles. The molecule has 1 aliphatic heterocycles. The summed E-state index contributed by atoms with van der Waals surface area (Å²) in [6.45, 7) is -1.19. The number of aromatic nitrogens is 2. The number of hydrogen-bond donors (Lipinski definition) is 0. The van der Waals surface area contributed by atoms with Crippen LogP contribution in [-0.2, 0) is 6.54 Å². The quantitative estimate of drug-likeness (QED) is 0.320. The van der Waals surface area contributed by atoms with Crippen molar-refractivity contribution in [1.82, 2.24) is 14.5 Å². The molecule has 0 saturated heterocycles. The van der Waals surface area contributed by atoms with E-state index in [0.717, 1.165) is 0 Å². The van der Waals surface area contributed by atoms with Gasteiger partial charge in [0.05, 0.1) is 23.2 Å². The first-order valence-corrected chi connectivity index (χ1v) is 11.1. The number of pyridine rings is 1. The van der Waals surface area contributed by atoms with Crippen molar-refractivity contribution in [3.63, 3.8) is 0 Å². The number of alkyl halides is 3. The van der Waals surface area contributed by atoms with Gasteiger partial charge in [-0.05, 0) is 48.0 Å². The van der Waals surface area contributed by atoms with Crippen molar-refractivity contribution in [2.45, 2.75) is 18.8 Å². The number of hydrogen-bond acceptors (Lipinski definition) is 4. The molecule has 0 aliphatic carbocycles. The predicted molar refractivity (Wildman–Crippen MR) is 124 cm³/mol. The van der Waals surface area contributed by atoms with Crippen LogP contribution in [0.4, 0.5) is 17.6 Å². The molecule has 1 atom stereocenters. The minimum Gasteiger partial charge on any atom is -0.489 e. The Morgan fingerprint density at radius 3 is 2.72 bits per heavy atom. The number of methoxy groups -OCH3 is 1. The van der Waals surface area contributed by atoms with Gasteiger partial charge in [0.1, 0.15) is 12.4 Å². The normalized spacial score (nSPS) is 16.0. The van der Waals surface area contributed by atoms with Gasteiger partial charge in [0, 0.05) is 36.1 Å². The van der Waals surface area contributed by atoms with E-state index in [1.165, 1.54) is 49.7 Å². The smallest absolute Gasteiger partial charge is 0.412 e. The Bertz CT molecular complexity index is 1470. The highest BCUT2D eigenvalue weighted by Gasteiger charge is 2.48. The summed E-state index contributed by atoms with van der Waals surface area (Å²) in [5.41, 5.74) is 1.32. The molecule has 0 spiro atoms. The molecular weight excluding hydrogens is 502 g/mol. The molecule has 0 radical (unpaired) electrons. The second kappa shape index (κ2) is 9.02. The van der Waals surface area contributed by atoms with Gasteiger partial charge in [0.15, 0.2) is 11.8 Å². The molecule has 4 aromatic rings. The molecule has 6 nitrogen and oxygen atoms in total. The first-order valence-electron chi connectivity index (χ1n) is 10.8. The molecular formula is C25H18ClF4N3O3. The fourth-order valence-corrected chi connectivity index (χ4v) is 4.49. The Morgan fingerprint density at radius 1 is 1.17 bits per heavy atom. The maximum Gasteiger partial charge on any atom is 0.412 e. The molecule has 0 N–H and O–H groups in total. The molecule has 11 heteroatoms. The number of nitrogens with zero attached hydrogens (tertiary/aromatic N) is 3. The SMILES string of the molecule is COc1cc(CN2C(=O)c3cc(-n4ccc5cc(F)ccc54)cc(Cl)c3OCC2C(F)(F)F)ccn1. The highest BCUT2D eigenvalue weighted by Crippen LogP contribution is 2.39. The van der Waals surface area contributed by atoms with Crippen LogP contribution in [-0.4, -0.2) is 46.3 Å². The summed E-state index contributed by atoms with van der Waals surface area (Å²) in [4.78, 5) is 18.3. The molecule has 36 heavy (non-hydrogen) atoms. The fraction of sp³-hybridized carbons (Fsp3) is 0.200. The van der Waals surface area contributed by atoms with Gasteiger partial charge in [-0.1, -0.05) is 11.6 Å². The Morgan fingerprint density at radius 2 is 1.97 bits per heavy atom. The Labute approximate surface area is 207 Å². The summed E-state index contributed by atoms with van der Waals surface area (Å²) in [5.74, 6) is -1.23. The van der Waals surface area contributed by atoms with E-state index in [4.69, 9.17) is 21.1 Å². The Hall–Kier alpha value is -3.79. The first kappa shape index (κ1) is 23.9. The van der Waals surface area contributed by atoms with Crippen LogP contribution in [0.25, 0.3) is 16.6 Å². The van der Waals surface area contributed by atoms with E-state index in [1.807, 2.05) is 0 Å². The molecule has 1 unspecified atom stereocenters. The highest BCUT2D eigenvalue weighted by atomic mass is 35.5. The van der Waals surface area contributed by atoms with Crippen LogP contribution in [0.2, 0.25) is 5.02 Å². The number of ether oxygens (including phenoxy) is 2. The van der Waals surface area contributed by atoms with E-state index in [0.29, 0.717) is 27.1 Å². The summed E-state index contributed by atoms with van der Waals surface area (Å²) in [6.07, 6.45) is -1.72. The van der Waals surface area contributed by atoms with Crippen molar-refractivity contribution in [2.24, 2.45) is 0 Å². The van der Waals surface area contributed by atoms with E-state index >= 15 is 0 Å². The van der Waals surface area contributed by atoms with Crippen LogP contribution in [0.3, 0.4) is 0 Å². The number of rotatable bonds is 4. The lowest BCUT2D eigenvalue weighted by Crippen LogP contribution is -2.50. The van der Waals surface area contributed by atoms with E-state index in [9.17, 15) is 22.4 Å². The molecule has 2 aromatic carbocycles. The third-order valence-electron chi connectivity index (χ3n) is 5.95. The van der Waals surface area contributed by atoms with Crippen LogP contribution in [0.15, 0.2) is 60.9 Å². The number of amides is 1. The van der Waals surface area contributed by atoms with Gasteiger partial charge in [-0.3, -0.25) is 4.79 Å². The van der Waals surface area contributed by atoms with E-state index < -0.39 is 30.5 Å². The molecule has 3 heterocycles. The predicted octanol–water partition coefficient (Wildman–Crippen LogP) is 5.79. The van der Waals surface area contributed by atoms with Crippen molar-refractivity contribution < 1.29 is 31.8 Å². The summed E-state index contributed by atoms with van der Waals surface area (Å²) < 4.78 is 68.0. The van der Waals surface area contributed by atoms with Gasteiger partial charge >= 0.3 is 6.18 Å². The van der Waals surface area contributed by atoms with Crippen molar-refractivity contribution in [1.29, 1.82) is 0 Å². The van der Waals surface area contributed by atoms with E-state index in [-0.39, 0.29) is 28.8 Å². The van der Waals surface area contributed by atoms with Crippen LogP contribution in [0.1, 0.15) is 15.9 Å². The lowest BCUT2D eigenvalue weighted by atomic mass is 10.1. The van der Waals surface area contributed by atoms with Gasteiger partial charge in [-0.2, -0.15) is 13.2 Å². The summed E-state index contributed by atoms with van der Waals surface area (Å²) in [6, 6.07) is 9.54. The minimum atomic E-state index is -4.76. The summed E-state index contributed by atoms with van der Waals surface area (Å²) >= 11 is 6.41. The van der Waals surface area contributed by atoms with E-state index in [2.05, 4.69) is 4.98 Å². The van der Waals surface area contributed by atoms with Crippen LogP contribution in [0, 0.1) is 5.82 Å². The zero-order valence-corrected chi connectivity index (χ0v) is 19.5. The van der Waals surface area contributed by atoms with Gasteiger partial charge < -0.3 is 18.9 Å². The Balaban J connectivity index is 1.61. The fourth-order valence-electron chi connectivity index (χ4n) is 4.22. The number of carbonyl (C=O) groups excluding carboxylic acids is 1. The standard InChI is InChI=1S/C25H18ClF4N3O3/c1-35-22-8-14(4-6-31-22)12-33-21(25(28,29)30)13-36-23-18(24(33)34)10-17(11-19(23)26)32-7-5-15-9-16(27)2-3-20(15)32/h2-11,21H,12-13H2,1H3. The van der Waals surface area contributed by atoms with Gasteiger partial charge in [0.25, 0.3) is 5.91 Å². The second-order valence-electron chi connectivity index (χ2n) is 8.20. The van der Waals surface area contributed by atoms with Gasteiger partial charge in [0.2, 0.25) is 5.88 Å². The maximum absolute atomic E-state index is 14.0. The van der Waals surface area contributed by atoms with Crippen LogP contribution in [0.5, 0.6) is 11.6 Å². The van der Waals surface area contributed by atoms with E-state index in [1.54, 1.807) is 22.9 Å². The van der Waals surface area contributed by atoms with Crippen molar-refractivity contribution in [2.75, 3.05) is 13.7 Å². The zero-order chi connectivity index (χ0) is 25.6. The topological polar surface area (TPSA) is 56.6 Å². The van der Waals surface area contributed by atoms with Gasteiger partial charge in [-0.25, -0.2) is 9.37 Å². The average Bonchev–Trinajstić information content (AvgIpc) is 3.19. The highest BCUT2D eigenvalue weighted by molar-refractivity contribution is 6.33. The molecule has 1 aliphatic rings. The number of fused-ring (bicyclic) bond motifs is 2. The second-order valence-corrected chi connectivity index (χ2v) is 8.61. The largest absolute Gasteiger partial charge is 0.489 e.